The molecule has 1 heterocycles. The van der Waals surface area contributed by atoms with Crippen molar-refractivity contribution in [3.63, 3.8) is 0 Å². The molecule has 0 saturated carbocycles. The van der Waals surface area contributed by atoms with E-state index in [2.05, 4.69) is 27.4 Å². The summed E-state index contributed by atoms with van der Waals surface area (Å²) >= 11 is 0. The third-order valence-electron chi connectivity index (χ3n) is 3.39. The Morgan fingerprint density at radius 3 is 2.62 bits per heavy atom. The first kappa shape index (κ1) is 10.3. The molecular weight excluding hydrogens is 162 g/mol. The van der Waals surface area contributed by atoms with E-state index in [1.165, 1.54) is 6.08 Å². The lowest BCUT2D eigenvalue weighted by atomic mass is 9.78. The highest BCUT2D eigenvalue weighted by atomic mass is 16.2. The van der Waals surface area contributed by atoms with Crippen LogP contribution in [0.3, 0.4) is 0 Å². The van der Waals surface area contributed by atoms with Gasteiger partial charge in [0.05, 0.1) is 0 Å². The summed E-state index contributed by atoms with van der Waals surface area (Å²) in [4.78, 5) is 13.2. The molecule has 1 aliphatic heterocycles. The fraction of sp³-hybridized carbons (Fsp3) is 0.727. The van der Waals surface area contributed by atoms with E-state index in [0.29, 0.717) is 11.3 Å². The zero-order chi connectivity index (χ0) is 10.1. The summed E-state index contributed by atoms with van der Waals surface area (Å²) in [5.41, 5.74) is 0.304. The smallest absolute Gasteiger partial charge is 0.245 e. The Morgan fingerprint density at radius 2 is 2.23 bits per heavy atom. The number of nitrogens with zero attached hydrogens (tertiary/aromatic N) is 1. The topological polar surface area (TPSA) is 20.3 Å². The number of rotatable bonds is 2. The van der Waals surface area contributed by atoms with Crippen molar-refractivity contribution < 1.29 is 4.79 Å². The lowest BCUT2D eigenvalue weighted by Gasteiger charge is -2.28. The average molecular weight is 181 g/mol. The summed E-state index contributed by atoms with van der Waals surface area (Å²) in [7, 11) is 0. The van der Waals surface area contributed by atoms with Crippen LogP contribution in [-0.2, 0) is 4.79 Å². The molecule has 0 radical (unpaired) electrons. The molecule has 2 heteroatoms. The van der Waals surface area contributed by atoms with Crippen molar-refractivity contribution in [3.05, 3.63) is 12.7 Å². The maximum Gasteiger partial charge on any atom is 0.245 e. The number of hydrogen-bond donors (Lipinski definition) is 0. The molecule has 0 aromatic rings. The fourth-order valence-corrected chi connectivity index (χ4v) is 1.77. The van der Waals surface area contributed by atoms with Crippen molar-refractivity contribution >= 4 is 5.91 Å². The number of carbonyl (C=O) groups is 1. The van der Waals surface area contributed by atoms with Crippen LogP contribution in [0.4, 0.5) is 0 Å². The molecule has 0 spiro atoms. The number of likely N-dealkylation sites (tertiary alicyclic amines) is 1. The molecule has 1 rings (SSSR count). The molecule has 1 aliphatic rings. The summed E-state index contributed by atoms with van der Waals surface area (Å²) in [5, 5.41) is 0. The first-order valence-electron chi connectivity index (χ1n) is 4.91. The van der Waals surface area contributed by atoms with Crippen LogP contribution in [0.1, 0.15) is 27.2 Å². The maximum absolute atomic E-state index is 11.3. The van der Waals surface area contributed by atoms with Crippen LogP contribution in [0.5, 0.6) is 0 Å². The van der Waals surface area contributed by atoms with Crippen LogP contribution in [-0.4, -0.2) is 23.9 Å². The minimum absolute atomic E-state index is 0.0735. The average Bonchev–Trinajstić information content (AvgIpc) is 2.48. The lowest BCUT2D eigenvalue weighted by Crippen LogP contribution is -2.32. The van der Waals surface area contributed by atoms with E-state index in [0.717, 1.165) is 19.5 Å². The molecule has 1 amide bonds. The Balaban J connectivity index is 2.63. The predicted octanol–water partition coefficient (Wildman–Crippen LogP) is 2.07. The molecule has 1 fully saturated rings. The SMILES string of the molecule is C=CC(=O)N1CC[C@](C)(C(C)C)C1. The van der Waals surface area contributed by atoms with Gasteiger partial charge >= 0.3 is 0 Å². The summed E-state index contributed by atoms with van der Waals surface area (Å²) in [6, 6.07) is 0. The van der Waals surface area contributed by atoms with E-state index in [1.807, 2.05) is 4.90 Å². The van der Waals surface area contributed by atoms with E-state index in [9.17, 15) is 4.79 Å². The largest absolute Gasteiger partial charge is 0.339 e. The van der Waals surface area contributed by atoms with E-state index in [4.69, 9.17) is 0 Å². The first-order valence-corrected chi connectivity index (χ1v) is 4.91. The highest BCUT2D eigenvalue weighted by Crippen LogP contribution is 2.36. The molecule has 2 nitrogen and oxygen atoms in total. The quantitative estimate of drug-likeness (QED) is 0.597. The molecular formula is C11H19NO. The van der Waals surface area contributed by atoms with Gasteiger partial charge in [0.2, 0.25) is 5.91 Å². The second-order valence-electron chi connectivity index (χ2n) is 4.52. The van der Waals surface area contributed by atoms with Crippen LogP contribution in [0.2, 0.25) is 0 Å². The third-order valence-corrected chi connectivity index (χ3v) is 3.39. The molecule has 0 aromatic heterocycles. The van der Waals surface area contributed by atoms with Crippen LogP contribution >= 0.6 is 0 Å². The third kappa shape index (κ3) is 1.93. The predicted molar refractivity (Wildman–Crippen MR) is 54.3 cm³/mol. The standard InChI is InChI=1S/C11H19NO/c1-5-10(13)12-7-6-11(4,8-12)9(2)3/h5,9H,1,6-8H2,2-4H3/t11-/m0/s1. The summed E-state index contributed by atoms with van der Waals surface area (Å²) in [6.07, 6.45) is 2.52. The molecule has 0 unspecified atom stereocenters. The molecule has 1 saturated heterocycles. The number of hydrogen-bond acceptors (Lipinski definition) is 1. The van der Waals surface area contributed by atoms with Crippen LogP contribution in [0.15, 0.2) is 12.7 Å². The minimum atomic E-state index is 0.0735. The molecule has 74 valence electrons. The van der Waals surface area contributed by atoms with Gasteiger partial charge in [0, 0.05) is 13.1 Å². The maximum atomic E-state index is 11.3. The molecule has 1 atom stereocenters. The second-order valence-corrected chi connectivity index (χ2v) is 4.52. The van der Waals surface area contributed by atoms with E-state index in [-0.39, 0.29) is 5.91 Å². The molecule has 0 bridgehead atoms. The van der Waals surface area contributed by atoms with Gasteiger partial charge in [-0.3, -0.25) is 4.79 Å². The number of amides is 1. The van der Waals surface area contributed by atoms with Crippen LogP contribution in [0.25, 0.3) is 0 Å². The monoisotopic (exact) mass is 181 g/mol. The van der Waals surface area contributed by atoms with Crippen LogP contribution in [0, 0.1) is 11.3 Å². The summed E-state index contributed by atoms with van der Waals surface area (Å²) in [5.74, 6) is 0.708. The van der Waals surface area contributed by atoms with Crippen molar-refractivity contribution in [3.8, 4) is 0 Å². The normalized spacial score (nSPS) is 28.2. The van der Waals surface area contributed by atoms with Crippen molar-refractivity contribution in [2.24, 2.45) is 11.3 Å². The van der Waals surface area contributed by atoms with Crippen molar-refractivity contribution in [2.45, 2.75) is 27.2 Å². The Hall–Kier alpha value is -0.790. The van der Waals surface area contributed by atoms with Gasteiger partial charge in [-0.25, -0.2) is 0 Å². The molecule has 13 heavy (non-hydrogen) atoms. The van der Waals surface area contributed by atoms with Crippen molar-refractivity contribution in [1.29, 1.82) is 0 Å². The summed E-state index contributed by atoms with van der Waals surface area (Å²) < 4.78 is 0. The van der Waals surface area contributed by atoms with Gasteiger partial charge in [0.25, 0.3) is 0 Å². The molecule has 0 aromatic carbocycles. The summed E-state index contributed by atoms with van der Waals surface area (Å²) in [6.45, 7) is 12.0. The van der Waals surface area contributed by atoms with Crippen LogP contribution < -0.4 is 0 Å². The Kier molecular flexibility index (Phi) is 2.79. The van der Waals surface area contributed by atoms with Crippen molar-refractivity contribution in [2.75, 3.05) is 13.1 Å². The van der Waals surface area contributed by atoms with Crippen molar-refractivity contribution in [1.82, 2.24) is 4.90 Å². The van der Waals surface area contributed by atoms with Gasteiger partial charge in [0.1, 0.15) is 0 Å². The molecule has 0 N–H and O–H groups in total. The van der Waals surface area contributed by atoms with Gasteiger partial charge < -0.3 is 4.90 Å². The molecule has 0 aliphatic carbocycles. The van der Waals surface area contributed by atoms with E-state index in [1.54, 1.807) is 0 Å². The van der Waals surface area contributed by atoms with Gasteiger partial charge in [-0.1, -0.05) is 27.4 Å². The Bertz CT molecular complexity index is 222. The van der Waals surface area contributed by atoms with Gasteiger partial charge in [0.15, 0.2) is 0 Å². The van der Waals surface area contributed by atoms with Gasteiger partial charge in [-0.2, -0.15) is 0 Å². The lowest BCUT2D eigenvalue weighted by molar-refractivity contribution is -0.125. The van der Waals surface area contributed by atoms with Gasteiger partial charge in [-0.15, -0.1) is 0 Å². The fourth-order valence-electron chi connectivity index (χ4n) is 1.77. The highest BCUT2D eigenvalue weighted by molar-refractivity contribution is 5.87. The second kappa shape index (κ2) is 3.52. The van der Waals surface area contributed by atoms with E-state index >= 15 is 0 Å². The number of carbonyl (C=O) groups excluding carboxylic acids is 1. The highest BCUT2D eigenvalue weighted by Gasteiger charge is 2.37. The Morgan fingerprint density at radius 1 is 1.62 bits per heavy atom. The van der Waals surface area contributed by atoms with Gasteiger partial charge in [-0.05, 0) is 23.8 Å². The first-order chi connectivity index (χ1) is 5.99. The minimum Gasteiger partial charge on any atom is -0.339 e. The zero-order valence-corrected chi connectivity index (χ0v) is 8.84. The zero-order valence-electron chi connectivity index (χ0n) is 8.84. The Labute approximate surface area is 80.6 Å². The van der Waals surface area contributed by atoms with E-state index < -0.39 is 0 Å².